The van der Waals surface area contributed by atoms with Gasteiger partial charge in [0.2, 0.25) is 0 Å². The van der Waals surface area contributed by atoms with Crippen LogP contribution in [0, 0.1) is 32.6 Å². The van der Waals surface area contributed by atoms with Gasteiger partial charge in [-0.3, -0.25) is 25.5 Å². The fraction of sp³-hybridized carbons (Fsp3) is 0.308. The zero-order chi connectivity index (χ0) is 16.9. The molecule has 1 N–H and O–H groups in total. The number of anilines is 1. The number of carbonyl (C=O) groups is 1. The zero-order valence-corrected chi connectivity index (χ0v) is 11.9. The van der Waals surface area contributed by atoms with E-state index < -0.39 is 32.9 Å². The van der Waals surface area contributed by atoms with Crippen molar-refractivity contribution >= 4 is 23.2 Å². The van der Waals surface area contributed by atoms with Gasteiger partial charge in [-0.15, -0.1) is 6.42 Å². The van der Waals surface area contributed by atoms with Crippen LogP contribution in [0.25, 0.3) is 0 Å². The van der Waals surface area contributed by atoms with Crippen LogP contribution in [0.1, 0.15) is 20.3 Å². The lowest BCUT2D eigenvalue weighted by atomic mass is 10.1. The molecule has 1 amide bonds. The SMILES string of the molecule is C#CC(C)(CC)OC(=O)Nc1cc([N+](=O)[O-])cc([N+](=O)[O-])c1. The summed E-state index contributed by atoms with van der Waals surface area (Å²) in [7, 11) is 0. The van der Waals surface area contributed by atoms with Gasteiger partial charge in [-0.1, -0.05) is 12.8 Å². The molecule has 1 atom stereocenters. The van der Waals surface area contributed by atoms with Crippen LogP contribution in [-0.4, -0.2) is 21.5 Å². The summed E-state index contributed by atoms with van der Waals surface area (Å²) in [5.74, 6) is 2.30. The van der Waals surface area contributed by atoms with Crippen molar-refractivity contribution in [2.24, 2.45) is 0 Å². The third-order valence-corrected chi connectivity index (χ3v) is 2.87. The van der Waals surface area contributed by atoms with Crippen LogP contribution in [0.3, 0.4) is 0 Å². The van der Waals surface area contributed by atoms with Gasteiger partial charge < -0.3 is 4.74 Å². The van der Waals surface area contributed by atoms with Crippen LogP contribution in [-0.2, 0) is 4.74 Å². The number of rotatable bonds is 5. The predicted molar refractivity (Wildman–Crippen MR) is 77.4 cm³/mol. The number of hydrogen-bond acceptors (Lipinski definition) is 6. The van der Waals surface area contributed by atoms with Gasteiger partial charge in [-0.2, -0.15) is 0 Å². The molecule has 0 aliphatic carbocycles. The van der Waals surface area contributed by atoms with Crippen LogP contribution in [0.4, 0.5) is 21.9 Å². The van der Waals surface area contributed by atoms with Crippen LogP contribution >= 0.6 is 0 Å². The van der Waals surface area contributed by atoms with E-state index >= 15 is 0 Å². The van der Waals surface area contributed by atoms with Crippen molar-refractivity contribution in [3.63, 3.8) is 0 Å². The van der Waals surface area contributed by atoms with Gasteiger partial charge in [0.1, 0.15) is 0 Å². The molecule has 1 unspecified atom stereocenters. The van der Waals surface area contributed by atoms with Gasteiger partial charge in [-0.05, 0) is 13.3 Å². The first-order valence-electron chi connectivity index (χ1n) is 6.12. The Bertz CT molecular complexity index is 634. The van der Waals surface area contributed by atoms with E-state index in [4.69, 9.17) is 11.2 Å². The fourth-order valence-corrected chi connectivity index (χ4v) is 1.43. The van der Waals surface area contributed by atoms with E-state index in [1.54, 1.807) is 6.92 Å². The first-order valence-corrected chi connectivity index (χ1v) is 6.12. The Hall–Kier alpha value is -3.15. The standard InChI is InChI=1S/C13H13N3O6/c1-4-13(3,5-2)22-12(17)14-9-6-10(15(18)19)8-11(7-9)16(20)21/h1,6-8H,5H2,2-3H3,(H,14,17). The summed E-state index contributed by atoms with van der Waals surface area (Å²) in [4.78, 5) is 31.6. The minimum absolute atomic E-state index is 0.138. The molecular formula is C13H13N3O6. The van der Waals surface area contributed by atoms with Gasteiger partial charge in [-0.25, -0.2) is 4.79 Å². The molecule has 22 heavy (non-hydrogen) atoms. The average Bonchev–Trinajstić information content (AvgIpc) is 2.46. The highest BCUT2D eigenvalue weighted by molar-refractivity contribution is 5.86. The number of terminal acetylenes is 1. The highest BCUT2D eigenvalue weighted by Gasteiger charge is 2.25. The van der Waals surface area contributed by atoms with E-state index in [1.165, 1.54) is 6.92 Å². The number of benzene rings is 1. The van der Waals surface area contributed by atoms with E-state index in [2.05, 4.69) is 11.2 Å². The summed E-state index contributed by atoms with van der Waals surface area (Å²) >= 11 is 0. The lowest BCUT2D eigenvalue weighted by Gasteiger charge is -2.22. The minimum Gasteiger partial charge on any atom is -0.430 e. The second kappa shape index (κ2) is 6.53. The molecule has 0 radical (unpaired) electrons. The molecule has 0 aliphatic rings. The van der Waals surface area contributed by atoms with E-state index in [1.807, 2.05) is 0 Å². The van der Waals surface area contributed by atoms with Crippen molar-refractivity contribution in [3.8, 4) is 12.3 Å². The van der Waals surface area contributed by atoms with Crippen molar-refractivity contribution in [2.75, 3.05) is 5.32 Å². The molecule has 0 bridgehead atoms. The Morgan fingerprint density at radius 2 is 1.82 bits per heavy atom. The van der Waals surface area contributed by atoms with Crippen molar-refractivity contribution in [1.82, 2.24) is 0 Å². The molecule has 0 aromatic heterocycles. The molecule has 1 aromatic rings. The third-order valence-electron chi connectivity index (χ3n) is 2.87. The number of nitro benzene ring substituents is 2. The molecule has 1 rings (SSSR count). The molecule has 0 heterocycles. The van der Waals surface area contributed by atoms with Gasteiger partial charge in [0, 0.05) is 12.1 Å². The Morgan fingerprint density at radius 1 is 1.32 bits per heavy atom. The third kappa shape index (κ3) is 4.17. The molecule has 0 saturated carbocycles. The summed E-state index contributed by atoms with van der Waals surface area (Å²) in [5, 5.41) is 23.7. The van der Waals surface area contributed by atoms with Crippen LogP contribution in [0.15, 0.2) is 18.2 Å². The Balaban J connectivity index is 3.03. The maximum atomic E-state index is 11.7. The summed E-state index contributed by atoms with van der Waals surface area (Å²) < 4.78 is 5.02. The number of amides is 1. The predicted octanol–water partition coefficient (Wildman–Crippen LogP) is 2.85. The van der Waals surface area contributed by atoms with Gasteiger partial charge in [0.05, 0.1) is 21.6 Å². The molecule has 9 nitrogen and oxygen atoms in total. The van der Waals surface area contributed by atoms with E-state index in [9.17, 15) is 25.0 Å². The molecule has 1 aromatic carbocycles. The smallest absolute Gasteiger partial charge is 0.413 e. The number of non-ortho nitro benzene ring substituents is 2. The van der Waals surface area contributed by atoms with Crippen LogP contribution in [0.5, 0.6) is 0 Å². The largest absolute Gasteiger partial charge is 0.430 e. The summed E-state index contributed by atoms with van der Waals surface area (Å²) in [6.07, 6.45) is 4.65. The number of nitrogens with one attached hydrogen (secondary N) is 1. The number of hydrogen-bond donors (Lipinski definition) is 1. The van der Waals surface area contributed by atoms with Gasteiger partial charge >= 0.3 is 6.09 Å². The molecule has 9 heteroatoms. The number of nitrogens with zero attached hydrogens (tertiary/aromatic N) is 2. The van der Waals surface area contributed by atoms with Crippen molar-refractivity contribution in [2.45, 2.75) is 25.9 Å². The average molecular weight is 307 g/mol. The molecule has 0 fully saturated rings. The second-order valence-electron chi connectivity index (χ2n) is 4.50. The number of nitro groups is 2. The van der Waals surface area contributed by atoms with Crippen LogP contribution in [0.2, 0.25) is 0 Å². The Labute approximate surface area is 125 Å². The van der Waals surface area contributed by atoms with E-state index in [-0.39, 0.29) is 5.69 Å². The first kappa shape index (κ1) is 16.9. The Morgan fingerprint density at radius 3 is 2.18 bits per heavy atom. The normalized spacial score (nSPS) is 12.6. The quantitative estimate of drug-likeness (QED) is 0.506. The van der Waals surface area contributed by atoms with Crippen LogP contribution < -0.4 is 5.32 Å². The molecule has 0 saturated heterocycles. The molecular weight excluding hydrogens is 294 g/mol. The van der Waals surface area contributed by atoms with Gasteiger partial charge in [0.25, 0.3) is 11.4 Å². The number of carbonyl (C=O) groups excluding carboxylic acids is 1. The maximum absolute atomic E-state index is 11.7. The van der Waals surface area contributed by atoms with Gasteiger partial charge in [0.15, 0.2) is 5.60 Å². The van der Waals surface area contributed by atoms with Crippen molar-refractivity contribution in [1.29, 1.82) is 0 Å². The van der Waals surface area contributed by atoms with E-state index in [0.717, 1.165) is 18.2 Å². The lowest BCUT2D eigenvalue weighted by molar-refractivity contribution is -0.394. The summed E-state index contributed by atoms with van der Waals surface area (Å²) in [5.41, 5.74) is -2.34. The second-order valence-corrected chi connectivity index (χ2v) is 4.50. The molecule has 0 aliphatic heterocycles. The lowest BCUT2D eigenvalue weighted by Crippen LogP contribution is -2.31. The zero-order valence-electron chi connectivity index (χ0n) is 11.9. The maximum Gasteiger partial charge on any atom is 0.413 e. The summed E-state index contributed by atoms with van der Waals surface area (Å²) in [6, 6.07) is 2.74. The Kier molecular flexibility index (Phi) is 5.02. The topological polar surface area (TPSA) is 125 Å². The highest BCUT2D eigenvalue weighted by Crippen LogP contribution is 2.26. The monoisotopic (exact) mass is 307 g/mol. The number of ether oxygens (including phenoxy) is 1. The highest BCUT2D eigenvalue weighted by atomic mass is 16.6. The van der Waals surface area contributed by atoms with E-state index in [0.29, 0.717) is 6.42 Å². The molecule has 0 spiro atoms. The summed E-state index contributed by atoms with van der Waals surface area (Å²) in [6.45, 7) is 3.23. The van der Waals surface area contributed by atoms with Crippen molar-refractivity contribution < 1.29 is 19.4 Å². The minimum atomic E-state index is -1.14. The molecule has 116 valence electrons. The van der Waals surface area contributed by atoms with Crippen molar-refractivity contribution in [3.05, 3.63) is 38.4 Å². The first-order chi connectivity index (χ1) is 10.2. The fourth-order valence-electron chi connectivity index (χ4n) is 1.43.